The van der Waals surface area contributed by atoms with Gasteiger partial charge in [-0.2, -0.15) is 0 Å². The highest BCUT2D eigenvalue weighted by Crippen LogP contribution is 2.46. The van der Waals surface area contributed by atoms with Crippen LogP contribution in [0.3, 0.4) is 0 Å². The van der Waals surface area contributed by atoms with Crippen molar-refractivity contribution in [1.82, 2.24) is 31.3 Å². The quantitative estimate of drug-likeness (QED) is 0.0269. The molecule has 0 radical (unpaired) electrons. The Bertz CT molecular complexity index is 1140. The van der Waals surface area contributed by atoms with Crippen LogP contribution in [0.5, 0.6) is 0 Å². The first-order valence-corrected chi connectivity index (χ1v) is 24.1. The van der Waals surface area contributed by atoms with E-state index in [4.69, 9.17) is 49.6 Å². The molecule has 17 nitrogen and oxygen atoms in total. The predicted molar refractivity (Wildman–Crippen MR) is 240 cm³/mol. The normalized spacial score (nSPS) is 11.1. The van der Waals surface area contributed by atoms with Crippen molar-refractivity contribution in [2.45, 2.75) is 71.9 Å². The van der Waals surface area contributed by atoms with Gasteiger partial charge in [-0.05, 0) is 113 Å². The van der Waals surface area contributed by atoms with Gasteiger partial charge < -0.3 is 53.7 Å². The summed E-state index contributed by atoms with van der Waals surface area (Å²) in [5.74, 6) is -0.973. The minimum atomic E-state index is -1.45. The summed E-state index contributed by atoms with van der Waals surface area (Å²) < 4.78 is 34.4. The minimum absolute atomic E-state index is 0.181. The summed E-state index contributed by atoms with van der Waals surface area (Å²) in [6, 6.07) is 0.559. The van der Waals surface area contributed by atoms with Gasteiger partial charge in [0.15, 0.2) is 0 Å². The molecule has 0 aromatic carbocycles. The Morgan fingerprint density at radius 3 is 0.949 bits per heavy atom. The van der Waals surface area contributed by atoms with E-state index < -0.39 is 24.0 Å². The van der Waals surface area contributed by atoms with Crippen molar-refractivity contribution < 1.29 is 51.1 Å². The monoisotopic (exact) mass is 934 g/mol. The van der Waals surface area contributed by atoms with E-state index in [2.05, 4.69) is 91.8 Å². The third kappa shape index (κ3) is 42.1. The summed E-state index contributed by atoms with van der Waals surface area (Å²) in [7, 11) is -2.44. The molecule has 0 aliphatic rings. The summed E-state index contributed by atoms with van der Waals surface area (Å²) in [6.07, 6.45) is 9.53. The van der Waals surface area contributed by atoms with Crippen LogP contribution in [0, 0.1) is 0 Å². The fraction of sp³-hybridized carbons (Fsp3) is 0.595. The number of nitrogens with zero attached hydrogens (tertiary/aromatic N) is 1. The van der Waals surface area contributed by atoms with Gasteiger partial charge in [-0.25, -0.2) is 4.67 Å². The summed E-state index contributed by atoms with van der Waals surface area (Å²) in [4.78, 5) is 54.6. The number of carbonyl (C=O) groups excluding carboxylic acids is 5. The highest BCUT2D eigenvalue weighted by atomic mass is 35.7. The molecule has 5 N–H and O–H groups in total. The second kappa shape index (κ2) is 43.7. The van der Waals surface area contributed by atoms with Crippen LogP contribution in [-0.2, 0) is 51.1 Å². The van der Waals surface area contributed by atoms with Crippen molar-refractivity contribution in [3.8, 4) is 0 Å². The molecule has 0 rings (SSSR count). The second-order valence-corrected chi connectivity index (χ2v) is 16.9. The van der Waals surface area contributed by atoms with E-state index in [0.29, 0.717) is 97.9 Å². The average molecular weight is 936 g/mol. The van der Waals surface area contributed by atoms with Crippen molar-refractivity contribution in [3.05, 3.63) is 63.3 Å². The van der Waals surface area contributed by atoms with Crippen molar-refractivity contribution in [2.24, 2.45) is 0 Å². The molecule has 22 heteroatoms. The lowest BCUT2D eigenvalue weighted by Crippen LogP contribution is -2.34. The Hall–Kier alpha value is -2.36. The molecule has 0 fully saturated rings. The molecule has 0 saturated heterocycles. The Morgan fingerprint density at radius 2 is 0.729 bits per heavy atom. The number of rotatable bonds is 34. The lowest BCUT2D eigenvalue weighted by Gasteiger charge is -2.35. The molecule has 0 heterocycles. The van der Waals surface area contributed by atoms with E-state index in [9.17, 15) is 24.0 Å². The number of halogens is 2. The maximum atomic E-state index is 11.1. The molecule has 0 aliphatic heterocycles. The molecule has 0 aliphatic carbocycles. The molecular formula is C37H67Cl2N6O11P3. The first-order chi connectivity index (χ1) is 28.1. The fourth-order valence-electron chi connectivity index (χ4n) is 3.71. The number of hydrogen-bond acceptors (Lipinski definition) is 12. The van der Waals surface area contributed by atoms with Crippen LogP contribution in [0.1, 0.15) is 59.8 Å². The van der Waals surface area contributed by atoms with Crippen LogP contribution >= 0.6 is 46.5 Å². The molecular weight excluding hydrogens is 868 g/mol. The third-order valence-corrected chi connectivity index (χ3v) is 11.2. The van der Waals surface area contributed by atoms with E-state index in [-0.39, 0.29) is 41.6 Å². The molecule has 0 saturated carbocycles. The lowest BCUT2D eigenvalue weighted by molar-refractivity contribution is -0.117. The standard InChI is InChI=1S/C18H34N3O4P.C12H20ClN2O4P.C7H13ClNO3P/c1-7-17(22)19-11-9-13-24-26(21(15(3)4)16(5)6)25-14-10-12-20-18(23)8-2;1-3-11(16)14-7-5-9-18-20(13)19-10-6-8-15-12(17)4-2;1-3-7(10)9-5-4-6-12-13(8)11-2/h7-8,15-16H,1-2,9-14H2,3-6H3,(H,19,22)(H,20,23);3-4H,1-2,5-10H2,(H,14,16)(H,15,17);3H,1,4-6H2,2H3,(H,9,10). The zero-order chi connectivity index (χ0) is 45.3. The van der Waals surface area contributed by atoms with E-state index >= 15 is 0 Å². The van der Waals surface area contributed by atoms with Crippen molar-refractivity contribution in [1.29, 1.82) is 0 Å². The zero-order valence-corrected chi connectivity index (χ0v) is 39.4. The molecule has 1 atom stereocenters. The highest BCUT2D eigenvalue weighted by Gasteiger charge is 2.27. The molecule has 59 heavy (non-hydrogen) atoms. The molecule has 0 aromatic heterocycles. The number of amides is 5. The largest absolute Gasteiger partial charge is 0.352 e. The van der Waals surface area contributed by atoms with Gasteiger partial charge in [-0.1, -0.05) is 32.9 Å². The van der Waals surface area contributed by atoms with Crippen molar-refractivity contribution in [2.75, 3.05) is 72.9 Å². The molecule has 0 aromatic rings. The smallest absolute Gasteiger partial charge is 0.276 e. The summed E-state index contributed by atoms with van der Waals surface area (Å²) >= 11 is 11.4. The van der Waals surface area contributed by atoms with Gasteiger partial charge >= 0.3 is 0 Å². The number of nitrogens with one attached hydrogen (secondary N) is 5. The van der Waals surface area contributed by atoms with Crippen molar-refractivity contribution >= 4 is 76.0 Å². The molecule has 340 valence electrons. The summed E-state index contributed by atoms with van der Waals surface area (Å²) in [6.45, 7) is 30.1. The van der Waals surface area contributed by atoms with E-state index in [1.165, 1.54) is 37.5 Å². The Morgan fingerprint density at radius 1 is 0.492 bits per heavy atom. The maximum absolute atomic E-state index is 11.1. The van der Waals surface area contributed by atoms with Crippen LogP contribution in [0.15, 0.2) is 63.3 Å². The minimum Gasteiger partial charge on any atom is -0.352 e. The topological polar surface area (TPSA) is 204 Å². The Kier molecular flexibility index (Phi) is 45.2. The molecule has 0 bridgehead atoms. The van der Waals surface area contributed by atoms with Gasteiger partial charge in [0.2, 0.25) is 29.5 Å². The molecule has 0 spiro atoms. The van der Waals surface area contributed by atoms with Crippen LogP contribution in [0.2, 0.25) is 0 Å². The first-order valence-electron chi connectivity index (χ1n) is 18.8. The molecule has 5 amide bonds. The van der Waals surface area contributed by atoms with Crippen LogP contribution in [0.4, 0.5) is 0 Å². The zero-order valence-electron chi connectivity index (χ0n) is 35.2. The van der Waals surface area contributed by atoms with Crippen LogP contribution in [-0.4, -0.2) is 119 Å². The SMILES string of the molecule is C=CC(=O)NCCCOP(Cl)OC.C=CC(=O)NCCCOP(Cl)OCCCNC(=O)C=C.C=CC(=O)NCCCOP(OCCCNC(=O)C=C)N(C(C)C)C(C)C. The van der Waals surface area contributed by atoms with Gasteiger partial charge in [-0.15, -0.1) is 0 Å². The summed E-state index contributed by atoms with van der Waals surface area (Å²) in [5, 5.41) is 13.3. The van der Waals surface area contributed by atoms with Gasteiger partial charge in [-0.3, -0.25) is 24.0 Å². The lowest BCUT2D eigenvalue weighted by atomic mass is 10.3. The highest BCUT2D eigenvalue weighted by molar-refractivity contribution is 7.76. The van der Waals surface area contributed by atoms with Gasteiger partial charge in [0.25, 0.3) is 24.0 Å². The predicted octanol–water partition coefficient (Wildman–Crippen LogP) is 6.43. The first kappa shape index (κ1) is 60.9. The molecule has 1 unspecified atom stereocenters. The van der Waals surface area contributed by atoms with Crippen molar-refractivity contribution in [3.63, 3.8) is 0 Å². The number of carbonyl (C=O) groups is 5. The number of hydrogen-bond donors (Lipinski definition) is 5. The van der Waals surface area contributed by atoms with E-state index in [1.54, 1.807) is 0 Å². The van der Waals surface area contributed by atoms with Crippen LogP contribution in [0.25, 0.3) is 0 Å². The maximum Gasteiger partial charge on any atom is 0.276 e. The van der Waals surface area contributed by atoms with Gasteiger partial charge in [0.05, 0.1) is 33.0 Å². The summed E-state index contributed by atoms with van der Waals surface area (Å²) in [5.41, 5.74) is 0. The van der Waals surface area contributed by atoms with Gasteiger partial charge in [0.1, 0.15) is 0 Å². The van der Waals surface area contributed by atoms with Gasteiger partial charge in [0, 0.05) is 51.9 Å². The fourth-order valence-corrected chi connectivity index (χ4v) is 6.99. The van der Waals surface area contributed by atoms with Crippen LogP contribution < -0.4 is 26.6 Å². The van der Waals surface area contributed by atoms with E-state index in [1.807, 2.05) is 0 Å². The Labute approximate surface area is 365 Å². The Balaban J connectivity index is -0.000000843. The second-order valence-electron chi connectivity index (χ2n) is 11.8. The van der Waals surface area contributed by atoms with E-state index in [0.717, 1.165) is 0 Å². The third-order valence-electron chi connectivity index (χ3n) is 6.40. The average Bonchev–Trinajstić information content (AvgIpc) is 3.22.